The fourth-order valence-corrected chi connectivity index (χ4v) is 8.10. The molecule has 1 heterocycles. The lowest BCUT2D eigenvalue weighted by atomic mass is 9.71. The van der Waals surface area contributed by atoms with E-state index in [-0.39, 0.29) is 17.1 Å². The summed E-state index contributed by atoms with van der Waals surface area (Å²) in [5.74, 6) is 1.86. The Morgan fingerprint density at radius 1 is 0.704 bits per heavy atom. The molecule has 3 unspecified atom stereocenters. The van der Waals surface area contributed by atoms with Crippen molar-refractivity contribution in [3.8, 4) is 0 Å². The van der Waals surface area contributed by atoms with Gasteiger partial charge in [0.25, 0.3) is 0 Å². The number of hydrogen-bond donors (Lipinski definition) is 0. The summed E-state index contributed by atoms with van der Waals surface area (Å²) in [7, 11) is -3.21. The van der Waals surface area contributed by atoms with Crippen molar-refractivity contribution in [1.29, 1.82) is 0 Å². The molecular weight excluding hydrogens is 360 g/mol. The van der Waals surface area contributed by atoms with Gasteiger partial charge in [-0.3, -0.25) is 4.79 Å². The highest BCUT2D eigenvalue weighted by molar-refractivity contribution is 7.89. The van der Waals surface area contributed by atoms with Crippen molar-refractivity contribution in [3.05, 3.63) is 0 Å². The second-order valence-corrected chi connectivity index (χ2v) is 11.6. The number of amides is 1. The molecule has 6 heteroatoms. The Bertz CT molecular complexity index is 621. The minimum Gasteiger partial charge on any atom is -0.340 e. The summed E-state index contributed by atoms with van der Waals surface area (Å²) in [4.78, 5) is 14.7. The molecule has 1 amide bonds. The Hall–Kier alpha value is -0.620. The maximum Gasteiger partial charge on any atom is 0.225 e. The Morgan fingerprint density at radius 3 is 2.04 bits per heavy atom. The largest absolute Gasteiger partial charge is 0.340 e. The maximum absolute atomic E-state index is 13.2. The zero-order chi connectivity index (χ0) is 18.9. The van der Waals surface area contributed by atoms with Crippen LogP contribution in [0, 0.1) is 17.8 Å². The van der Waals surface area contributed by atoms with Crippen molar-refractivity contribution in [2.24, 2.45) is 17.8 Å². The number of carbonyl (C=O) groups excluding carboxylic acids is 1. The first-order valence-corrected chi connectivity index (χ1v) is 12.8. The molecule has 0 bridgehead atoms. The van der Waals surface area contributed by atoms with Crippen LogP contribution < -0.4 is 0 Å². The monoisotopic (exact) mass is 396 g/mol. The minimum absolute atomic E-state index is 0.183. The SMILES string of the molecule is O=C(C1CCCCC1)N1CCN(S(=O)(=O)C2CCC3CCCCC3C2)CC1. The number of fused-ring (bicyclic) bond motifs is 1. The number of piperazine rings is 1. The Labute approximate surface area is 164 Å². The summed E-state index contributed by atoms with van der Waals surface area (Å²) in [6, 6.07) is 0. The van der Waals surface area contributed by atoms with Crippen LogP contribution in [0.15, 0.2) is 0 Å². The van der Waals surface area contributed by atoms with Gasteiger partial charge in [0.1, 0.15) is 0 Å². The molecule has 3 saturated carbocycles. The van der Waals surface area contributed by atoms with E-state index in [1.165, 1.54) is 32.1 Å². The predicted octanol–water partition coefficient (Wildman–Crippen LogP) is 3.40. The van der Waals surface area contributed by atoms with Crippen LogP contribution in [-0.4, -0.2) is 55.0 Å². The zero-order valence-corrected chi connectivity index (χ0v) is 17.5. The predicted molar refractivity (Wildman–Crippen MR) is 107 cm³/mol. The van der Waals surface area contributed by atoms with Gasteiger partial charge in [-0.05, 0) is 43.9 Å². The van der Waals surface area contributed by atoms with E-state index in [0.717, 1.165) is 50.9 Å². The second kappa shape index (κ2) is 8.40. The molecule has 0 N–H and O–H groups in total. The third-order valence-corrected chi connectivity index (χ3v) is 10.1. The lowest BCUT2D eigenvalue weighted by molar-refractivity contribution is -0.137. The molecule has 5 nitrogen and oxygen atoms in total. The molecule has 3 atom stereocenters. The maximum atomic E-state index is 13.2. The molecule has 1 saturated heterocycles. The fourth-order valence-electron chi connectivity index (χ4n) is 6.08. The second-order valence-electron chi connectivity index (χ2n) is 9.34. The molecule has 0 aromatic carbocycles. The molecule has 4 rings (SSSR count). The normalized spacial score (nSPS) is 34.2. The van der Waals surface area contributed by atoms with E-state index >= 15 is 0 Å². The number of hydrogen-bond acceptors (Lipinski definition) is 3. The van der Waals surface area contributed by atoms with Gasteiger partial charge in [-0.2, -0.15) is 4.31 Å². The lowest BCUT2D eigenvalue weighted by Crippen LogP contribution is -2.54. The molecule has 0 spiro atoms. The Balaban J connectivity index is 1.32. The lowest BCUT2D eigenvalue weighted by Gasteiger charge is -2.42. The zero-order valence-electron chi connectivity index (χ0n) is 16.7. The number of carbonyl (C=O) groups is 1. The number of nitrogens with zero attached hydrogens (tertiary/aromatic N) is 2. The van der Waals surface area contributed by atoms with E-state index in [4.69, 9.17) is 0 Å². The summed E-state index contributed by atoms with van der Waals surface area (Å²) >= 11 is 0. The number of rotatable bonds is 3. The van der Waals surface area contributed by atoms with Gasteiger partial charge in [0.15, 0.2) is 0 Å². The molecule has 0 aromatic rings. The van der Waals surface area contributed by atoms with Crippen molar-refractivity contribution in [1.82, 2.24) is 9.21 Å². The highest BCUT2D eigenvalue weighted by atomic mass is 32.2. The van der Waals surface area contributed by atoms with Crippen LogP contribution in [0.3, 0.4) is 0 Å². The molecule has 0 radical (unpaired) electrons. The average Bonchev–Trinajstić information content (AvgIpc) is 2.73. The summed E-state index contributed by atoms with van der Waals surface area (Å²) < 4.78 is 28.1. The van der Waals surface area contributed by atoms with Crippen molar-refractivity contribution >= 4 is 15.9 Å². The summed E-state index contributed by atoms with van der Waals surface area (Å²) in [5, 5.41) is -0.183. The third-order valence-electron chi connectivity index (χ3n) is 7.78. The molecule has 1 aliphatic heterocycles. The van der Waals surface area contributed by atoms with Crippen LogP contribution in [-0.2, 0) is 14.8 Å². The van der Waals surface area contributed by atoms with Crippen molar-refractivity contribution in [2.75, 3.05) is 26.2 Å². The van der Waals surface area contributed by atoms with Gasteiger partial charge in [0, 0.05) is 32.1 Å². The smallest absolute Gasteiger partial charge is 0.225 e. The standard InChI is InChI=1S/C21H36N2O3S/c24-21(18-7-2-1-3-8-18)22-12-14-23(15-13-22)27(25,26)20-11-10-17-6-4-5-9-19(17)16-20/h17-20H,1-16H2. The quantitative estimate of drug-likeness (QED) is 0.735. The molecule has 3 aliphatic carbocycles. The first-order chi connectivity index (χ1) is 13.1. The van der Waals surface area contributed by atoms with Crippen LogP contribution >= 0.6 is 0 Å². The van der Waals surface area contributed by atoms with Crippen LogP contribution in [0.4, 0.5) is 0 Å². The molecule has 4 aliphatic rings. The van der Waals surface area contributed by atoms with Crippen LogP contribution in [0.1, 0.15) is 77.0 Å². The van der Waals surface area contributed by atoms with Gasteiger partial charge in [0.2, 0.25) is 15.9 Å². The van der Waals surface area contributed by atoms with Gasteiger partial charge in [-0.15, -0.1) is 0 Å². The van der Waals surface area contributed by atoms with E-state index in [1.54, 1.807) is 4.31 Å². The van der Waals surface area contributed by atoms with Crippen LogP contribution in [0.2, 0.25) is 0 Å². The van der Waals surface area contributed by atoms with E-state index in [0.29, 0.717) is 32.1 Å². The van der Waals surface area contributed by atoms with Crippen LogP contribution in [0.5, 0.6) is 0 Å². The van der Waals surface area contributed by atoms with Gasteiger partial charge in [0.05, 0.1) is 5.25 Å². The van der Waals surface area contributed by atoms with Crippen molar-refractivity contribution in [2.45, 2.75) is 82.3 Å². The van der Waals surface area contributed by atoms with Gasteiger partial charge < -0.3 is 4.90 Å². The number of sulfonamides is 1. The van der Waals surface area contributed by atoms with Gasteiger partial charge in [-0.25, -0.2) is 8.42 Å². The van der Waals surface area contributed by atoms with E-state index in [2.05, 4.69) is 0 Å². The van der Waals surface area contributed by atoms with E-state index in [1.807, 2.05) is 4.90 Å². The summed E-state index contributed by atoms with van der Waals surface area (Å²) in [6.45, 7) is 2.14. The fraction of sp³-hybridized carbons (Fsp3) is 0.952. The van der Waals surface area contributed by atoms with E-state index < -0.39 is 10.0 Å². The first-order valence-electron chi connectivity index (χ1n) is 11.3. The molecular formula is C21H36N2O3S. The Kier molecular flexibility index (Phi) is 6.12. The topological polar surface area (TPSA) is 57.7 Å². The van der Waals surface area contributed by atoms with Gasteiger partial charge >= 0.3 is 0 Å². The molecule has 154 valence electrons. The summed E-state index contributed by atoms with van der Waals surface area (Å²) in [6.07, 6.45) is 13.5. The molecule has 0 aromatic heterocycles. The molecule has 27 heavy (non-hydrogen) atoms. The average molecular weight is 397 g/mol. The van der Waals surface area contributed by atoms with Gasteiger partial charge in [-0.1, -0.05) is 44.9 Å². The van der Waals surface area contributed by atoms with Crippen molar-refractivity contribution in [3.63, 3.8) is 0 Å². The van der Waals surface area contributed by atoms with E-state index in [9.17, 15) is 13.2 Å². The minimum atomic E-state index is -3.21. The Morgan fingerprint density at radius 2 is 1.33 bits per heavy atom. The van der Waals surface area contributed by atoms with Crippen molar-refractivity contribution < 1.29 is 13.2 Å². The van der Waals surface area contributed by atoms with Crippen LogP contribution in [0.25, 0.3) is 0 Å². The summed E-state index contributed by atoms with van der Waals surface area (Å²) in [5.41, 5.74) is 0. The third kappa shape index (κ3) is 4.21. The molecule has 4 fully saturated rings. The highest BCUT2D eigenvalue weighted by Crippen LogP contribution is 2.42. The first kappa shape index (κ1) is 19.7. The highest BCUT2D eigenvalue weighted by Gasteiger charge is 2.41.